The van der Waals surface area contributed by atoms with Gasteiger partial charge in [0.25, 0.3) is 0 Å². The summed E-state index contributed by atoms with van der Waals surface area (Å²) in [5.41, 5.74) is 0.763. The summed E-state index contributed by atoms with van der Waals surface area (Å²) in [6.45, 7) is 0. The van der Waals surface area contributed by atoms with E-state index in [1.807, 2.05) is 7.05 Å². The highest BCUT2D eigenvalue weighted by Gasteiger charge is 2.21. The molecule has 1 aromatic rings. The Labute approximate surface area is 107 Å². The lowest BCUT2D eigenvalue weighted by Crippen LogP contribution is -2.32. The van der Waals surface area contributed by atoms with E-state index < -0.39 is 0 Å². The maximum atomic E-state index is 13.6. The normalized spacial score (nSPS) is 24.9. The molecule has 3 heteroatoms. The molecule has 0 heterocycles. The summed E-state index contributed by atoms with van der Waals surface area (Å²) in [5, 5.41) is 3.95. The molecule has 1 fully saturated rings. The molecule has 17 heavy (non-hydrogen) atoms. The third kappa shape index (κ3) is 3.43. The van der Waals surface area contributed by atoms with Crippen LogP contribution in [0.25, 0.3) is 0 Å². The summed E-state index contributed by atoms with van der Waals surface area (Å²) >= 11 is 5.91. The number of benzene rings is 1. The van der Waals surface area contributed by atoms with Crippen LogP contribution in [-0.4, -0.2) is 13.1 Å². The van der Waals surface area contributed by atoms with Crippen LogP contribution in [0.1, 0.15) is 31.2 Å². The average molecular weight is 256 g/mol. The maximum Gasteiger partial charge on any atom is 0.126 e. The van der Waals surface area contributed by atoms with Gasteiger partial charge in [-0.15, -0.1) is 0 Å². The van der Waals surface area contributed by atoms with Gasteiger partial charge in [0, 0.05) is 11.1 Å². The van der Waals surface area contributed by atoms with E-state index in [-0.39, 0.29) is 5.82 Å². The fourth-order valence-corrected chi connectivity index (χ4v) is 2.94. The van der Waals surface area contributed by atoms with Crippen molar-refractivity contribution in [2.45, 2.75) is 38.1 Å². The standard InChI is InChI=1S/C14H19ClFN/c1-17-13-4-2-3-10(8-13)7-11-9-12(15)5-6-14(11)16/h5-6,9-10,13,17H,2-4,7-8H2,1H3. The molecule has 0 saturated heterocycles. The monoisotopic (exact) mass is 255 g/mol. The minimum Gasteiger partial charge on any atom is -0.317 e. The fourth-order valence-electron chi connectivity index (χ4n) is 2.75. The largest absolute Gasteiger partial charge is 0.317 e. The van der Waals surface area contributed by atoms with Crippen molar-refractivity contribution in [3.63, 3.8) is 0 Å². The number of halogens is 2. The molecule has 1 aliphatic carbocycles. The molecule has 1 N–H and O–H groups in total. The lowest BCUT2D eigenvalue weighted by molar-refractivity contribution is 0.292. The minimum absolute atomic E-state index is 0.124. The van der Waals surface area contributed by atoms with Crippen LogP contribution in [0, 0.1) is 11.7 Å². The minimum atomic E-state index is -0.124. The first-order valence-electron chi connectivity index (χ1n) is 6.30. The summed E-state index contributed by atoms with van der Waals surface area (Å²) in [7, 11) is 2.01. The van der Waals surface area contributed by atoms with Crippen LogP contribution in [0.2, 0.25) is 5.02 Å². The van der Waals surface area contributed by atoms with Gasteiger partial charge in [-0.2, -0.15) is 0 Å². The smallest absolute Gasteiger partial charge is 0.126 e. The Bertz CT molecular complexity index is 380. The van der Waals surface area contributed by atoms with Crippen molar-refractivity contribution in [1.82, 2.24) is 5.32 Å². The number of nitrogens with one attached hydrogen (secondary N) is 1. The van der Waals surface area contributed by atoms with Crippen molar-refractivity contribution in [1.29, 1.82) is 0 Å². The average Bonchev–Trinajstić information content (AvgIpc) is 2.34. The molecule has 94 valence electrons. The zero-order valence-corrected chi connectivity index (χ0v) is 10.9. The van der Waals surface area contributed by atoms with Gasteiger partial charge >= 0.3 is 0 Å². The van der Waals surface area contributed by atoms with Gasteiger partial charge in [-0.25, -0.2) is 4.39 Å². The van der Waals surface area contributed by atoms with Crippen LogP contribution in [0.5, 0.6) is 0 Å². The van der Waals surface area contributed by atoms with E-state index in [0.717, 1.165) is 18.4 Å². The van der Waals surface area contributed by atoms with Crippen molar-refractivity contribution >= 4 is 11.6 Å². The van der Waals surface area contributed by atoms with Crippen molar-refractivity contribution in [3.05, 3.63) is 34.6 Å². The lowest BCUT2D eigenvalue weighted by atomic mass is 9.82. The van der Waals surface area contributed by atoms with Crippen molar-refractivity contribution in [3.8, 4) is 0 Å². The van der Waals surface area contributed by atoms with Gasteiger partial charge in [0.15, 0.2) is 0 Å². The Hall–Kier alpha value is -0.600. The Morgan fingerprint density at radius 3 is 3.00 bits per heavy atom. The summed E-state index contributed by atoms with van der Waals surface area (Å²) in [6, 6.07) is 5.43. The quantitative estimate of drug-likeness (QED) is 0.866. The fraction of sp³-hybridized carbons (Fsp3) is 0.571. The third-order valence-corrected chi connectivity index (χ3v) is 3.94. The first-order valence-corrected chi connectivity index (χ1v) is 6.68. The summed E-state index contributed by atoms with van der Waals surface area (Å²) < 4.78 is 13.6. The lowest BCUT2D eigenvalue weighted by Gasteiger charge is -2.29. The predicted octanol–water partition coefficient (Wildman–Crippen LogP) is 3.80. The van der Waals surface area contributed by atoms with E-state index in [1.165, 1.54) is 25.3 Å². The van der Waals surface area contributed by atoms with E-state index in [9.17, 15) is 4.39 Å². The summed E-state index contributed by atoms with van der Waals surface area (Å²) in [6.07, 6.45) is 5.63. The highest BCUT2D eigenvalue weighted by molar-refractivity contribution is 6.30. The molecule has 2 atom stereocenters. The second-order valence-corrected chi connectivity index (χ2v) is 5.39. The summed E-state index contributed by atoms with van der Waals surface area (Å²) in [5.74, 6) is 0.454. The van der Waals surface area contributed by atoms with E-state index in [2.05, 4.69) is 5.32 Å². The Kier molecular flexibility index (Phi) is 4.41. The molecular formula is C14H19ClFN. The second kappa shape index (κ2) is 5.83. The van der Waals surface area contributed by atoms with Gasteiger partial charge in [-0.1, -0.05) is 24.4 Å². The zero-order chi connectivity index (χ0) is 12.3. The molecule has 2 unspecified atom stereocenters. The zero-order valence-electron chi connectivity index (χ0n) is 10.2. The first kappa shape index (κ1) is 12.8. The van der Waals surface area contributed by atoms with E-state index in [0.29, 0.717) is 17.0 Å². The van der Waals surface area contributed by atoms with E-state index >= 15 is 0 Å². The van der Waals surface area contributed by atoms with Gasteiger partial charge < -0.3 is 5.32 Å². The third-order valence-electron chi connectivity index (χ3n) is 3.71. The molecule has 0 amide bonds. The first-order chi connectivity index (χ1) is 8.19. The topological polar surface area (TPSA) is 12.0 Å². The van der Waals surface area contributed by atoms with Gasteiger partial charge in [-0.3, -0.25) is 0 Å². The molecular weight excluding hydrogens is 237 g/mol. The van der Waals surface area contributed by atoms with Crippen molar-refractivity contribution < 1.29 is 4.39 Å². The molecule has 1 aromatic carbocycles. The number of hydrogen-bond acceptors (Lipinski definition) is 1. The van der Waals surface area contributed by atoms with Gasteiger partial charge in [0.2, 0.25) is 0 Å². The molecule has 0 bridgehead atoms. The highest BCUT2D eigenvalue weighted by Crippen LogP contribution is 2.28. The van der Waals surface area contributed by atoms with Crippen molar-refractivity contribution in [2.75, 3.05) is 7.05 Å². The van der Waals surface area contributed by atoms with Crippen LogP contribution in [-0.2, 0) is 6.42 Å². The van der Waals surface area contributed by atoms with Crippen LogP contribution in [0.3, 0.4) is 0 Å². The van der Waals surface area contributed by atoms with Crippen LogP contribution in [0.4, 0.5) is 4.39 Å². The predicted molar refractivity (Wildman–Crippen MR) is 69.9 cm³/mol. The van der Waals surface area contributed by atoms with Crippen molar-refractivity contribution in [2.24, 2.45) is 5.92 Å². The Morgan fingerprint density at radius 2 is 2.24 bits per heavy atom. The van der Waals surface area contributed by atoms with Crippen LogP contribution >= 0.6 is 11.6 Å². The molecule has 1 saturated carbocycles. The van der Waals surface area contributed by atoms with E-state index in [4.69, 9.17) is 11.6 Å². The molecule has 1 aliphatic rings. The molecule has 0 aromatic heterocycles. The Morgan fingerprint density at radius 1 is 1.41 bits per heavy atom. The summed E-state index contributed by atoms with van der Waals surface area (Å²) in [4.78, 5) is 0. The molecule has 2 rings (SSSR count). The number of hydrogen-bond donors (Lipinski definition) is 1. The van der Waals surface area contributed by atoms with Crippen LogP contribution < -0.4 is 5.32 Å². The number of rotatable bonds is 3. The van der Waals surface area contributed by atoms with Gasteiger partial charge in [-0.05, 0) is 56.0 Å². The van der Waals surface area contributed by atoms with E-state index in [1.54, 1.807) is 12.1 Å². The SMILES string of the molecule is CNC1CCCC(Cc2cc(Cl)ccc2F)C1. The maximum absolute atomic E-state index is 13.6. The molecule has 0 aliphatic heterocycles. The second-order valence-electron chi connectivity index (χ2n) is 4.96. The Balaban J connectivity index is 2.02. The van der Waals surface area contributed by atoms with Gasteiger partial charge in [0.1, 0.15) is 5.82 Å². The molecule has 1 nitrogen and oxygen atoms in total. The molecule has 0 radical (unpaired) electrons. The van der Waals surface area contributed by atoms with Gasteiger partial charge in [0.05, 0.1) is 0 Å². The highest BCUT2D eigenvalue weighted by atomic mass is 35.5. The molecule has 0 spiro atoms. The van der Waals surface area contributed by atoms with Crippen LogP contribution in [0.15, 0.2) is 18.2 Å².